The summed E-state index contributed by atoms with van der Waals surface area (Å²) < 4.78 is 5.91. The first-order valence-corrected chi connectivity index (χ1v) is 7.03. The van der Waals surface area contributed by atoms with Crippen molar-refractivity contribution in [2.45, 2.75) is 39.0 Å². The molecule has 0 saturated heterocycles. The van der Waals surface area contributed by atoms with Crippen LogP contribution in [0.3, 0.4) is 0 Å². The lowest BCUT2D eigenvalue weighted by Crippen LogP contribution is -2.20. The molecule has 2 rings (SSSR count). The van der Waals surface area contributed by atoms with Gasteiger partial charge in [-0.2, -0.15) is 0 Å². The highest BCUT2D eigenvalue weighted by molar-refractivity contribution is 6.32. The molecule has 0 aromatic heterocycles. The molecule has 18 heavy (non-hydrogen) atoms. The van der Waals surface area contributed by atoms with Crippen molar-refractivity contribution in [3.8, 4) is 5.75 Å². The van der Waals surface area contributed by atoms with Crippen molar-refractivity contribution in [3.05, 3.63) is 28.3 Å². The number of halogens is 1. The van der Waals surface area contributed by atoms with Crippen LogP contribution < -0.4 is 4.74 Å². The van der Waals surface area contributed by atoms with Gasteiger partial charge in [0.2, 0.25) is 0 Å². The van der Waals surface area contributed by atoms with Crippen molar-refractivity contribution in [1.29, 1.82) is 0 Å². The largest absolute Gasteiger partial charge is 0.491 e. The van der Waals surface area contributed by atoms with Crippen LogP contribution in [0.4, 0.5) is 0 Å². The average molecular weight is 269 g/mol. The standard InChI is InChI=1S/C15H21ClO2/c1-10-6-13(11(2)8-17)15(14(16)7-10)18-9-12-4-3-5-12/h6-7,11-12,17H,3-5,8-9H2,1-2H3. The molecule has 1 aromatic rings. The van der Waals surface area contributed by atoms with Gasteiger partial charge in [0, 0.05) is 18.1 Å². The van der Waals surface area contributed by atoms with Crippen molar-refractivity contribution in [2.24, 2.45) is 5.92 Å². The van der Waals surface area contributed by atoms with E-state index in [-0.39, 0.29) is 12.5 Å². The van der Waals surface area contributed by atoms with E-state index in [9.17, 15) is 5.11 Å². The lowest BCUT2D eigenvalue weighted by molar-refractivity contribution is 0.177. The van der Waals surface area contributed by atoms with Crippen LogP contribution in [0.15, 0.2) is 12.1 Å². The molecule has 1 aromatic carbocycles. The predicted octanol–water partition coefficient (Wildman–Crippen LogP) is 3.92. The normalized spacial score (nSPS) is 17.3. The fraction of sp³-hybridized carbons (Fsp3) is 0.600. The molecule has 2 nitrogen and oxygen atoms in total. The zero-order chi connectivity index (χ0) is 13.1. The summed E-state index contributed by atoms with van der Waals surface area (Å²) in [6.07, 6.45) is 3.83. The molecule has 1 aliphatic carbocycles. The first kappa shape index (κ1) is 13.7. The fourth-order valence-corrected chi connectivity index (χ4v) is 2.57. The van der Waals surface area contributed by atoms with Crippen molar-refractivity contribution in [3.63, 3.8) is 0 Å². The van der Waals surface area contributed by atoms with E-state index in [0.29, 0.717) is 10.9 Å². The van der Waals surface area contributed by atoms with E-state index in [1.54, 1.807) is 0 Å². The molecule has 1 atom stereocenters. The highest BCUT2D eigenvalue weighted by Crippen LogP contribution is 2.36. The molecule has 1 fully saturated rings. The van der Waals surface area contributed by atoms with Gasteiger partial charge in [0.05, 0.1) is 11.6 Å². The molecule has 1 aliphatic rings. The van der Waals surface area contributed by atoms with Gasteiger partial charge in [-0.1, -0.05) is 31.0 Å². The molecule has 0 aliphatic heterocycles. The number of aliphatic hydroxyl groups excluding tert-OH is 1. The molecule has 0 radical (unpaired) electrons. The Morgan fingerprint density at radius 3 is 2.72 bits per heavy atom. The molecule has 100 valence electrons. The number of aliphatic hydroxyl groups is 1. The minimum atomic E-state index is 0.0544. The summed E-state index contributed by atoms with van der Waals surface area (Å²) in [4.78, 5) is 0. The Morgan fingerprint density at radius 1 is 1.44 bits per heavy atom. The molecular formula is C15H21ClO2. The summed E-state index contributed by atoms with van der Waals surface area (Å²) >= 11 is 6.27. The van der Waals surface area contributed by atoms with E-state index in [0.717, 1.165) is 23.5 Å². The van der Waals surface area contributed by atoms with Gasteiger partial charge in [-0.15, -0.1) is 0 Å². The van der Waals surface area contributed by atoms with Gasteiger partial charge >= 0.3 is 0 Å². The van der Waals surface area contributed by atoms with Gasteiger partial charge < -0.3 is 9.84 Å². The summed E-state index contributed by atoms with van der Waals surface area (Å²) in [5.74, 6) is 1.49. The van der Waals surface area contributed by atoms with Gasteiger partial charge in [-0.25, -0.2) is 0 Å². The molecule has 1 N–H and O–H groups in total. The van der Waals surface area contributed by atoms with Gasteiger partial charge in [0.1, 0.15) is 5.75 Å². The van der Waals surface area contributed by atoms with Crippen molar-refractivity contribution >= 4 is 11.6 Å². The van der Waals surface area contributed by atoms with E-state index >= 15 is 0 Å². The van der Waals surface area contributed by atoms with Gasteiger partial charge in [0.15, 0.2) is 0 Å². The number of benzene rings is 1. The van der Waals surface area contributed by atoms with Gasteiger partial charge in [-0.05, 0) is 37.3 Å². The Morgan fingerprint density at radius 2 is 2.17 bits per heavy atom. The van der Waals surface area contributed by atoms with Crippen LogP contribution in [0.1, 0.15) is 43.2 Å². The topological polar surface area (TPSA) is 29.5 Å². The number of rotatable bonds is 5. The maximum absolute atomic E-state index is 9.33. The fourth-order valence-electron chi connectivity index (χ4n) is 2.23. The quantitative estimate of drug-likeness (QED) is 0.877. The molecule has 0 spiro atoms. The second-order valence-electron chi connectivity index (χ2n) is 5.36. The summed E-state index contributed by atoms with van der Waals surface area (Å²) in [7, 11) is 0. The monoisotopic (exact) mass is 268 g/mol. The molecule has 0 heterocycles. The number of hydrogen-bond donors (Lipinski definition) is 1. The smallest absolute Gasteiger partial charge is 0.141 e. The van der Waals surface area contributed by atoms with E-state index in [1.165, 1.54) is 19.3 Å². The summed E-state index contributed by atoms with van der Waals surface area (Å²) in [5.41, 5.74) is 2.12. The van der Waals surface area contributed by atoms with Crippen LogP contribution in [0.25, 0.3) is 0 Å². The first-order chi connectivity index (χ1) is 8.61. The number of aryl methyl sites for hydroxylation is 1. The van der Waals surface area contributed by atoms with Crippen LogP contribution in [0.5, 0.6) is 5.75 Å². The Balaban J connectivity index is 2.19. The van der Waals surface area contributed by atoms with Crippen LogP contribution in [-0.4, -0.2) is 18.3 Å². The average Bonchev–Trinajstić information content (AvgIpc) is 2.28. The molecule has 3 heteroatoms. The Bertz CT molecular complexity index is 413. The van der Waals surface area contributed by atoms with Gasteiger partial charge in [0.25, 0.3) is 0 Å². The lowest BCUT2D eigenvalue weighted by Gasteiger charge is -2.26. The minimum absolute atomic E-state index is 0.0544. The Kier molecular flexibility index (Phi) is 4.52. The van der Waals surface area contributed by atoms with Crippen LogP contribution in [-0.2, 0) is 0 Å². The molecule has 0 bridgehead atoms. The summed E-state index contributed by atoms with van der Waals surface area (Å²) in [6.45, 7) is 4.85. The molecule has 1 saturated carbocycles. The number of ether oxygens (including phenoxy) is 1. The van der Waals surface area contributed by atoms with Crippen LogP contribution >= 0.6 is 11.6 Å². The molecule has 0 amide bonds. The Labute approximate surface area is 114 Å². The zero-order valence-electron chi connectivity index (χ0n) is 11.1. The predicted molar refractivity (Wildman–Crippen MR) is 74.5 cm³/mol. The molecular weight excluding hydrogens is 248 g/mol. The summed E-state index contributed by atoms with van der Waals surface area (Å²) in [6, 6.07) is 3.98. The zero-order valence-corrected chi connectivity index (χ0v) is 11.8. The third kappa shape index (κ3) is 2.99. The highest BCUT2D eigenvalue weighted by Gasteiger charge is 2.21. The maximum atomic E-state index is 9.33. The SMILES string of the molecule is Cc1cc(Cl)c(OCC2CCC2)c(C(C)CO)c1. The van der Waals surface area contributed by atoms with E-state index < -0.39 is 0 Å². The third-order valence-electron chi connectivity index (χ3n) is 3.71. The molecule has 1 unspecified atom stereocenters. The number of hydrogen-bond acceptors (Lipinski definition) is 2. The van der Waals surface area contributed by atoms with E-state index in [4.69, 9.17) is 16.3 Å². The van der Waals surface area contributed by atoms with Crippen molar-refractivity contribution < 1.29 is 9.84 Å². The maximum Gasteiger partial charge on any atom is 0.141 e. The van der Waals surface area contributed by atoms with Crippen LogP contribution in [0, 0.1) is 12.8 Å². The van der Waals surface area contributed by atoms with E-state index in [2.05, 4.69) is 6.07 Å². The van der Waals surface area contributed by atoms with Crippen LogP contribution in [0.2, 0.25) is 5.02 Å². The van der Waals surface area contributed by atoms with Crippen molar-refractivity contribution in [2.75, 3.05) is 13.2 Å². The second kappa shape index (κ2) is 5.94. The lowest BCUT2D eigenvalue weighted by atomic mass is 9.86. The highest BCUT2D eigenvalue weighted by atomic mass is 35.5. The summed E-state index contributed by atoms with van der Waals surface area (Å²) in [5, 5.41) is 9.99. The van der Waals surface area contributed by atoms with Crippen molar-refractivity contribution in [1.82, 2.24) is 0 Å². The van der Waals surface area contributed by atoms with E-state index in [1.807, 2.05) is 19.9 Å². The second-order valence-corrected chi connectivity index (χ2v) is 5.76. The van der Waals surface area contributed by atoms with Gasteiger partial charge in [-0.3, -0.25) is 0 Å². The first-order valence-electron chi connectivity index (χ1n) is 6.65. The minimum Gasteiger partial charge on any atom is -0.491 e. The third-order valence-corrected chi connectivity index (χ3v) is 3.99. The Hall–Kier alpha value is -0.730.